The molecule has 1 fully saturated rings. The molecule has 0 saturated carbocycles. The fraction of sp³-hybridized carbons (Fsp3) is 0.575. The quantitative estimate of drug-likeness (QED) is 0.185. The molecule has 17 heteroatoms. The molecular formula is C40H53NO16. The van der Waals surface area contributed by atoms with Crippen LogP contribution in [0.1, 0.15) is 91.5 Å². The molecule has 9 N–H and O–H groups in total. The maximum atomic E-state index is 14.4. The number of aliphatic hydroxyl groups is 7. The van der Waals surface area contributed by atoms with Crippen molar-refractivity contribution < 1.29 is 79.0 Å². The van der Waals surface area contributed by atoms with Crippen molar-refractivity contribution in [2.75, 3.05) is 0 Å². The average molecular weight is 804 g/mol. The number of aromatic hydroxyl groups is 1. The highest BCUT2D eigenvalue weighted by molar-refractivity contribution is 6.29. The van der Waals surface area contributed by atoms with Crippen molar-refractivity contribution in [3.8, 4) is 11.5 Å². The van der Waals surface area contributed by atoms with Crippen LogP contribution in [0, 0.1) is 30.6 Å². The molecule has 4 bridgehead atoms. The molecule has 5 rings (SSSR count). The van der Waals surface area contributed by atoms with Crippen LogP contribution in [0.25, 0.3) is 0 Å². The first-order valence-electron chi connectivity index (χ1n) is 18.7. The number of carbonyl (C=O) groups excluding carboxylic acids is 5. The predicted molar refractivity (Wildman–Crippen MR) is 199 cm³/mol. The van der Waals surface area contributed by atoms with Gasteiger partial charge in [-0.3, -0.25) is 19.2 Å². The van der Waals surface area contributed by atoms with Crippen LogP contribution in [-0.2, 0) is 19.1 Å². The number of fused-ring (bicyclic) bond motifs is 15. The summed E-state index contributed by atoms with van der Waals surface area (Å²) < 4.78 is 17.1. The number of ether oxygens (including phenoxy) is 3. The number of nitrogens with one attached hydrogen (secondary N) is 1. The third kappa shape index (κ3) is 9.21. The number of ketones is 3. The molecule has 17 nitrogen and oxygen atoms in total. The van der Waals surface area contributed by atoms with E-state index in [0.29, 0.717) is 6.08 Å². The van der Waals surface area contributed by atoms with Gasteiger partial charge >= 0.3 is 5.97 Å². The third-order valence-electron chi connectivity index (χ3n) is 11.2. The number of aliphatic hydroxyl groups excluding tert-OH is 7. The zero-order valence-corrected chi connectivity index (χ0v) is 32.9. The van der Waals surface area contributed by atoms with Crippen molar-refractivity contribution in [3.05, 3.63) is 57.8 Å². The largest absolute Gasteiger partial charge is 0.507 e. The van der Waals surface area contributed by atoms with Gasteiger partial charge < -0.3 is 60.4 Å². The minimum Gasteiger partial charge on any atom is -0.507 e. The summed E-state index contributed by atoms with van der Waals surface area (Å²) >= 11 is 0. The molecule has 1 saturated heterocycles. The second-order valence-electron chi connectivity index (χ2n) is 15.4. The van der Waals surface area contributed by atoms with Gasteiger partial charge in [-0.2, -0.15) is 0 Å². The molecule has 3 heterocycles. The Kier molecular flexibility index (Phi) is 14.4. The van der Waals surface area contributed by atoms with E-state index in [4.69, 9.17) is 14.2 Å². The van der Waals surface area contributed by atoms with Gasteiger partial charge in [-0.15, -0.1) is 0 Å². The van der Waals surface area contributed by atoms with Crippen LogP contribution >= 0.6 is 0 Å². The molecule has 0 unspecified atom stereocenters. The number of allylic oxidation sites excluding steroid dienone is 4. The number of benzene rings is 1. The predicted octanol–water partition coefficient (Wildman–Crippen LogP) is 0.295. The number of hydrogen-bond acceptors (Lipinski definition) is 16. The molecule has 0 radical (unpaired) electrons. The fourth-order valence-corrected chi connectivity index (χ4v) is 7.25. The number of amides is 1. The molecule has 4 aliphatic rings. The Bertz CT molecular complexity index is 1850. The summed E-state index contributed by atoms with van der Waals surface area (Å²) in [6, 6.07) is 0. The van der Waals surface area contributed by atoms with Crippen molar-refractivity contribution in [3.63, 3.8) is 0 Å². The highest BCUT2D eigenvalue weighted by atomic mass is 16.7. The Labute approximate surface area is 329 Å². The molecule has 1 aromatic carbocycles. The molecule has 1 aliphatic carbocycles. The van der Waals surface area contributed by atoms with E-state index >= 15 is 0 Å². The Morgan fingerprint density at radius 3 is 1.95 bits per heavy atom. The first kappa shape index (κ1) is 45.4. The monoisotopic (exact) mass is 803 g/mol. The molecule has 1 aromatic rings. The number of carbonyl (C=O) groups is 5. The van der Waals surface area contributed by atoms with E-state index in [-0.39, 0.29) is 11.1 Å². The van der Waals surface area contributed by atoms with Crippen LogP contribution < -0.4 is 10.1 Å². The maximum Gasteiger partial charge on any atom is 0.343 e. The van der Waals surface area contributed by atoms with Crippen molar-refractivity contribution in [2.45, 2.75) is 123 Å². The van der Waals surface area contributed by atoms with E-state index in [1.165, 1.54) is 46.8 Å². The Morgan fingerprint density at radius 1 is 0.772 bits per heavy atom. The molecule has 0 aromatic heterocycles. The van der Waals surface area contributed by atoms with Crippen molar-refractivity contribution in [1.29, 1.82) is 0 Å². The zero-order valence-electron chi connectivity index (χ0n) is 32.9. The molecule has 57 heavy (non-hydrogen) atoms. The van der Waals surface area contributed by atoms with Gasteiger partial charge in [-0.1, -0.05) is 45.9 Å². The van der Waals surface area contributed by atoms with E-state index in [9.17, 15) is 64.8 Å². The Balaban J connectivity index is 1.95. The second-order valence-corrected chi connectivity index (χ2v) is 15.4. The first-order chi connectivity index (χ1) is 26.5. The maximum absolute atomic E-state index is 14.4. The van der Waals surface area contributed by atoms with Crippen LogP contribution in [-0.4, -0.2) is 131 Å². The lowest BCUT2D eigenvalue weighted by atomic mass is 9.77. The van der Waals surface area contributed by atoms with Crippen LogP contribution in [0.4, 0.5) is 0 Å². The normalized spacial score (nSPS) is 36.0. The summed E-state index contributed by atoms with van der Waals surface area (Å²) in [6.45, 7) is 11.1. The third-order valence-corrected chi connectivity index (χ3v) is 11.2. The molecule has 0 spiro atoms. The summed E-state index contributed by atoms with van der Waals surface area (Å²) in [5.74, 6) is -10.3. The van der Waals surface area contributed by atoms with E-state index < -0.39 is 154 Å². The van der Waals surface area contributed by atoms with Gasteiger partial charge in [-0.25, -0.2) is 4.79 Å². The van der Waals surface area contributed by atoms with Crippen molar-refractivity contribution >= 4 is 29.2 Å². The van der Waals surface area contributed by atoms with Crippen molar-refractivity contribution in [1.82, 2.24) is 5.32 Å². The van der Waals surface area contributed by atoms with E-state index in [0.717, 1.165) is 6.92 Å². The summed E-state index contributed by atoms with van der Waals surface area (Å²) in [5, 5.41) is 90.5. The van der Waals surface area contributed by atoms with Gasteiger partial charge in [0, 0.05) is 47.3 Å². The standard InChI is InChI=1S/C40H53NO16/c1-14-10-9-11-15(2)38(53)41-22-13-23(43)25-26(34(22)50)32(48)20(7)37(57-40-36(52)35(51)33(49)21(8)55-40)27(25)39(54)56-24(12-16(3)42)31(47)19(6)30(46)18(5)29(45)17(4)28(14)44/h9-11,13-14,17-19,21,24,28-31,33,35-36,40,44-49,51-52H,12H2,1-8H3,(H,41,53)/t14-,17+,18+,19-,21-,24-,28-,29+,30-,31+,33-,35+,36+,40-/m0/s1. The number of esters is 1. The number of Topliss-reactive ketones (excluding diaryl/α,β-unsaturated/α-hetero) is 2. The number of phenols is 1. The van der Waals surface area contributed by atoms with Gasteiger partial charge in [0.1, 0.15) is 47.3 Å². The summed E-state index contributed by atoms with van der Waals surface area (Å²) in [7, 11) is 0. The molecule has 1 amide bonds. The van der Waals surface area contributed by atoms with Crippen LogP contribution in [0.5, 0.6) is 11.5 Å². The lowest BCUT2D eigenvalue weighted by Crippen LogP contribution is -2.58. The lowest BCUT2D eigenvalue weighted by Gasteiger charge is -2.39. The van der Waals surface area contributed by atoms with E-state index in [1.54, 1.807) is 19.9 Å². The molecule has 314 valence electrons. The smallest absolute Gasteiger partial charge is 0.343 e. The summed E-state index contributed by atoms with van der Waals surface area (Å²) in [6.07, 6.45) is -11.4. The van der Waals surface area contributed by atoms with Crippen LogP contribution in [0.15, 0.2) is 35.6 Å². The highest BCUT2D eigenvalue weighted by Gasteiger charge is 2.46. The number of phenolic OH excluding ortho intramolecular Hbond substituents is 1. The number of rotatable bonds is 4. The Hall–Kier alpha value is -4.33. The Morgan fingerprint density at radius 2 is 1.35 bits per heavy atom. The summed E-state index contributed by atoms with van der Waals surface area (Å²) in [4.78, 5) is 68.1. The van der Waals surface area contributed by atoms with Gasteiger partial charge in [-0.05, 0) is 27.7 Å². The molecular weight excluding hydrogens is 750 g/mol. The van der Waals surface area contributed by atoms with Gasteiger partial charge in [0.25, 0.3) is 5.91 Å². The highest BCUT2D eigenvalue weighted by Crippen LogP contribution is 2.43. The summed E-state index contributed by atoms with van der Waals surface area (Å²) in [5.41, 5.74) is -3.27. The zero-order chi connectivity index (χ0) is 43.0. The van der Waals surface area contributed by atoms with E-state index in [2.05, 4.69) is 5.32 Å². The van der Waals surface area contributed by atoms with Gasteiger partial charge in [0.15, 0.2) is 5.78 Å². The van der Waals surface area contributed by atoms with Crippen LogP contribution in [0.3, 0.4) is 0 Å². The fourth-order valence-electron chi connectivity index (χ4n) is 7.25. The lowest BCUT2D eigenvalue weighted by molar-refractivity contribution is -0.268. The molecule has 14 atom stereocenters. The first-order valence-corrected chi connectivity index (χ1v) is 18.7. The van der Waals surface area contributed by atoms with Crippen molar-refractivity contribution in [2.24, 2.45) is 23.7 Å². The van der Waals surface area contributed by atoms with Gasteiger partial charge in [0.05, 0.1) is 47.3 Å². The SMILES string of the molecule is CC(=O)C[C@@H]1OC(=O)c2c(O[C@@H]3O[C@@H](C)[C@H](O)[C@@H](O)[C@H]3O)c(C)c(O)c3c2C(=O)C=C(NC(=O)C(C)=CC=C[C@H](C)[C@H](O)[C@@H](C)[C@@H](O)[C@@H](C)[C@H](O)[C@H](C)[C@H]1O)C3=O. The molecule has 3 aliphatic heterocycles. The minimum atomic E-state index is -1.96. The van der Waals surface area contributed by atoms with Gasteiger partial charge in [0.2, 0.25) is 12.1 Å². The van der Waals surface area contributed by atoms with E-state index in [1.807, 2.05) is 0 Å². The number of hydrogen-bond donors (Lipinski definition) is 9. The second kappa shape index (κ2) is 18.1. The average Bonchev–Trinajstić information content (AvgIpc) is 3.16. The van der Waals surface area contributed by atoms with Crippen LogP contribution in [0.2, 0.25) is 0 Å². The topological polar surface area (TPSA) is 287 Å². The minimum absolute atomic E-state index is 0.0527.